The summed E-state index contributed by atoms with van der Waals surface area (Å²) in [6.45, 7) is 0.609. The smallest absolute Gasteiger partial charge is 0.248 e. The number of likely N-dealkylation sites (tertiary alicyclic amines) is 1. The lowest BCUT2D eigenvalue weighted by molar-refractivity contribution is -0.135. The van der Waals surface area contributed by atoms with E-state index in [0.29, 0.717) is 47.3 Å². The van der Waals surface area contributed by atoms with Gasteiger partial charge in [0.2, 0.25) is 11.8 Å². The van der Waals surface area contributed by atoms with Crippen LogP contribution < -0.4 is 0 Å². The first-order valence-electron chi connectivity index (χ1n) is 10.2. The molecule has 1 aliphatic carbocycles. The molecule has 2 fully saturated rings. The number of benzene rings is 2. The molecule has 0 unspecified atom stereocenters. The fourth-order valence-electron chi connectivity index (χ4n) is 4.51. The lowest BCUT2D eigenvalue weighted by Crippen LogP contribution is -2.42. The highest BCUT2D eigenvalue weighted by molar-refractivity contribution is 6.36. The van der Waals surface area contributed by atoms with E-state index in [1.807, 2.05) is 24.3 Å². The van der Waals surface area contributed by atoms with Gasteiger partial charge in [-0.1, -0.05) is 46.9 Å². The molecule has 2 aliphatic rings. The Bertz CT molecular complexity index is 915. The molecule has 160 valence electrons. The average Bonchev–Trinajstić information content (AvgIpc) is 3.05. The molecule has 2 aromatic carbocycles. The number of alkyl halides is 2. The van der Waals surface area contributed by atoms with E-state index in [1.165, 1.54) is 0 Å². The van der Waals surface area contributed by atoms with Crippen LogP contribution in [-0.2, 0) is 11.2 Å². The minimum Gasteiger partial charge on any atom is -0.339 e. The molecule has 1 saturated carbocycles. The molecule has 0 N–H and O–H groups in total. The molecule has 0 radical (unpaired) electrons. The quantitative estimate of drug-likeness (QED) is 0.458. The molecule has 1 amide bonds. The van der Waals surface area contributed by atoms with Crippen LogP contribution in [0.3, 0.4) is 0 Å². The van der Waals surface area contributed by atoms with Crippen LogP contribution >= 0.6 is 34.8 Å². The second kappa shape index (κ2) is 8.64. The summed E-state index contributed by atoms with van der Waals surface area (Å²) in [5.74, 6) is -2.78. The van der Waals surface area contributed by atoms with E-state index in [-0.39, 0.29) is 30.7 Å². The van der Waals surface area contributed by atoms with Gasteiger partial charge >= 0.3 is 0 Å². The Morgan fingerprint density at radius 3 is 2.13 bits per heavy atom. The maximum atomic E-state index is 13.5. The normalized spacial score (nSPS) is 22.0. The van der Waals surface area contributed by atoms with Gasteiger partial charge in [-0.05, 0) is 66.6 Å². The Morgan fingerprint density at radius 1 is 0.933 bits per heavy atom. The first kappa shape index (κ1) is 21.9. The third kappa shape index (κ3) is 4.61. The van der Waals surface area contributed by atoms with Crippen LogP contribution in [0, 0.1) is 5.92 Å². The van der Waals surface area contributed by atoms with Crippen LogP contribution in [0.4, 0.5) is 8.78 Å². The van der Waals surface area contributed by atoms with Crippen LogP contribution in [0.2, 0.25) is 15.1 Å². The van der Waals surface area contributed by atoms with Gasteiger partial charge < -0.3 is 4.90 Å². The van der Waals surface area contributed by atoms with Gasteiger partial charge in [0.1, 0.15) is 0 Å². The predicted molar refractivity (Wildman–Crippen MR) is 118 cm³/mol. The molecule has 1 atom stereocenters. The topological polar surface area (TPSA) is 20.3 Å². The molecule has 0 bridgehead atoms. The molecule has 1 heterocycles. The Balaban J connectivity index is 1.47. The number of hydrogen-bond acceptors (Lipinski definition) is 1. The standard InChI is InChI=1S/C23H22Cl3F2NO/c24-17-3-1-14(2-4-17)16-12-20(25)19(21(26)13-16)11-15-7-10-29(22(15)30)18-5-8-23(27,28)9-6-18/h1-4,12-13,15,18H,5-11H2/t15-/m0/s1. The summed E-state index contributed by atoms with van der Waals surface area (Å²) >= 11 is 19.0. The van der Waals surface area contributed by atoms with Crippen molar-refractivity contribution in [1.82, 2.24) is 4.90 Å². The van der Waals surface area contributed by atoms with Gasteiger partial charge in [0.25, 0.3) is 0 Å². The Kier molecular flexibility index (Phi) is 6.30. The van der Waals surface area contributed by atoms with Crippen LogP contribution in [0.1, 0.15) is 37.7 Å². The Labute approximate surface area is 190 Å². The predicted octanol–water partition coefficient (Wildman–Crippen LogP) is 7.28. The van der Waals surface area contributed by atoms with Gasteiger partial charge in [-0.25, -0.2) is 8.78 Å². The number of nitrogens with zero attached hydrogens (tertiary/aromatic N) is 1. The SMILES string of the molecule is O=C1[C@H](Cc2c(Cl)cc(-c3ccc(Cl)cc3)cc2Cl)CCN1C1CCC(F)(F)CC1. The minimum atomic E-state index is -2.59. The van der Waals surface area contributed by atoms with Crippen LogP contribution in [0.5, 0.6) is 0 Å². The van der Waals surface area contributed by atoms with E-state index in [1.54, 1.807) is 17.0 Å². The summed E-state index contributed by atoms with van der Waals surface area (Å²) in [5.41, 5.74) is 2.59. The van der Waals surface area contributed by atoms with Gasteiger partial charge in [-0.3, -0.25) is 4.79 Å². The van der Waals surface area contributed by atoms with E-state index < -0.39 is 5.92 Å². The zero-order valence-electron chi connectivity index (χ0n) is 16.3. The van der Waals surface area contributed by atoms with Crippen molar-refractivity contribution in [2.75, 3.05) is 6.54 Å². The molecule has 0 aromatic heterocycles. The summed E-state index contributed by atoms with van der Waals surface area (Å²) in [5, 5.41) is 1.70. The lowest BCUT2D eigenvalue weighted by atomic mass is 9.91. The van der Waals surface area contributed by atoms with Gasteiger partial charge in [-0.2, -0.15) is 0 Å². The zero-order chi connectivity index (χ0) is 21.5. The van der Waals surface area contributed by atoms with E-state index in [9.17, 15) is 13.6 Å². The van der Waals surface area contributed by atoms with Crippen molar-refractivity contribution < 1.29 is 13.6 Å². The van der Waals surface area contributed by atoms with Gasteiger partial charge in [0.05, 0.1) is 0 Å². The third-order valence-electron chi connectivity index (χ3n) is 6.25. The van der Waals surface area contributed by atoms with E-state index in [2.05, 4.69) is 0 Å². The first-order chi connectivity index (χ1) is 14.2. The maximum Gasteiger partial charge on any atom is 0.248 e. The molecule has 7 heteroatoms. The molecule has 30 heavy (non-hydrogen) atoms. The summed E-state index contributed by atoms with van der Waals surface area (Å²) in [6.07, 6.45) is 1.59. The van der Waals surface area contributed by atoms with Crippen molar-refractivity contribution >= 4 is 40.7 Å². The number of carbonyl (C=O) groups is 1. The van der Waals surface area contributed by atoms with Crippen molar-refractivity contribution in [3.8, 4) is 11.1 Å². The first-order valence-corrected chi connectivity index (χ1v) is 11.3. The molecule has 2 nitrogen and oxygen atoms in total. The van der Waals surface area contributed by atoms with E-state index in [0.717, 1.165) is 16.7 Å². The molecule has 1 saturated heterocycles. The minimum absolute atomic E-state index is 0.0270. The molecule has 1 aliphatic heterocycles. The molecule has 0 spiro atoms. The third-order valence-corrected chi connectivity index (χ3v) is 7.17. The van der Waals surface area contributed by atoms with Crippen molar-refractivity contribution in [3.63, 3.8) is 0 Å². The molecular weight excluding hydrogens is 451 g/mol. The van der Waals surface area contributed by atoms with Crippen LogP contribution in [0.25, 0.3) is 11.1 Å². The van der Waals surface area contributed by atoms with Gasteiger partial charge in [-0.15, -0.1) is 0 Å². The van der Waals surface area contributed by atoms with Gasteiger partial charge in [0.15, 0.2) is 0 Å². The fourth-order valence-corrected chi connectivity index (χ4v) is 5.27. The average molecular weight is 473 g/mol. The van der Waals surface area contributed by atoms with Crippen LogP contribution in [-0.4, -0.2) is 29.3 Å². The molecular formula is C23H22Cl3F2NO. The monoisotopic (exact) mass is 471 g/mol. The number of halogens is 5. The Hall–Kier alpha value is -1.36. The summed E-state index contributed by atoms with van der Waals surface area (Å²) in [6, 6.07) is 11.0. The molecule has 2 aromatic rings. The summed E-state index contributed by atoms with van der Waals surface area (Å²) in [7, 11) is 0. The summed E-state index contributed by atoms with van der Waals surface area (Å²) in [4.78, 5) is 14.7. The zero-order valence-corrected chi connectivity index (χ0v) is 18.6. The van der Waals surface area contributed by atoms with Crippen molar-refractivity contribution in [1.29, 1.82) is 0 Å². The molecule has 4 rings (SSSR count). The maximum absolute atomic E-state index is 13.5. The van der Waals surface area contributed by atoms with E-state index >= 15 is 0 Å². The van der Waals surface area contributed by atoms with Crippen molar-refractivity contribution in [3.05, 3.63) is 57.0 Å². The number of hydrogen-bond donors (Lipinski definition) is 0. The highest BCUT2D eigenvalue weighted by Gasteiger charge is 2.42. The second-order valence-corrected chi connectivity index (χ2v) is 9.48. The van der Waals surface area contributed by atoms with Crippen molar-refractivity contribution in [2.45, 2.75) is 50.5 Å². The van der Waals surface area contributed by atoms with E-state index in [4.69, 9.17) is 34.8 Å². The summed E-state index contributed by atoms with van der Waals surface area (Å²) < 4.78 is 26.9. The van der Waals surface area contributed by atoms with Crippen LogP contribution in [0.15, 0.2) is 36.4 Å². The van der Waals surface area contributed by atoms with Gasteiger partial charge in [0, 0.05) is 46.4 Å². The highest BCUT2D eigenvalue weighted by atomic mass is 35.5. The fraction of sp³-hybridized carbons (Fsp3) is 0.435. The highest BCUT2D eigenvalue weighted by Crippen LogP contribution is 2.39. The Morgan fingerprint density at radius 2 is 1.53 bits per heavy atom. The van der Waals surface area contributed by atoms with Crippen molar-refractivity contribution in [2.24, 2.45) is 5.92 Å². The number of rotatable bonds is 4. The largest absolute Gasteiger partial charge is 0.339 e. The number of amides is 1. The second-order valence-electron chi connectivity index (χ2n) is 8.23. The number of carbonyl (C=O) groups excluding carboxylic acids is 1. The lowest BCUT2D eigenvalue weighted by Gasteiger charge is -2.34.